The van der Waals surface area contributed by atoms with Crippen molar-refractivity contribution in [2.75, 3.05) is 11.9 Å². The average molecular weight is 415 g/mol. The Kier molecular flexibility index (Phi) is 5.94. The number of hydrogen-bond acceptors (Lipinski definition) is 4. The summed E-state index contributed by atoms with van der Waals surface area (Å²) in [5, 5.41) is 2.82. The van der Waals surface area contributed by atoms with Gasteiger partial charge in [-0.05, 0) is 43.7 Å². The van der Waals surface area contributed by atoms with Crippen molar-refractivity contribution in [1.29, 1.82) is 0 Å². The molecule has 5 nitrogen and oxygen atoms in total. The van der Waals surface area contributed by atoms with Crippen LogP contribution in [0.1, 0.15) is 25.0 Å². The largest absolute Gasteiger partial charge is 0.485 e. The summed E-state index contributed by atoms with van der Waals surface area (Å²) in [5.41, 5.74) is 2.24. The number of carbonyl (C=O) groups excluding carboxylic acids is 1. The van der Waals surface area contributed by atoms with Gasteiger partial charge < -0.3 is 19.5 Å². The van der Waals surface area contributed by atoms with Gasteiger partial charge in [-0.3, -0.25) is 4.79 Å². The maximum atomic E-state index is 12.3. The summed E-state index contributed by atoms with van der Waals surface area (Å²) in [5.74, 6) is 1.49. The summed E-state index contributed by atoms with van der Waals surface area (Å²) < 4.78 is 18.0. The Hall–Kier alpha value is -3.73. The van der Waals surface area contributed by atoms with Crippen molar-refractivity contribution in [2.45, 2.75) is 26.1 Å². The summed E-state index contributed by atoms with van der Waals surface area (Å²) in [6.45, 7) is 4.24. The van der Waals surface area contributed by atoms with Gasteiger partial charge in [-0.1, -0.05) is 54.6 Å². The van der Waals surface area contributed by atoms with Crippen LogP contribution in [-0.4, -0.2) is 18.1 Å². The van der Waals surface area contributed by atoms with E-state index in [4.69, 9.17) is 14.2 Å². The van der Waals surface area contributed by atoms with Crippen molar-refractivity contribution in [3.05, 3.63) is 90.0 Å². The predicted molar refractivity (Wildman–Crippen MR) is 122 cm³/mol. The predicted octanol–water partition coefficient (Wildman–Crippen LogP) is 5.47. The van der Waals surface area contributed by atoms with Crippen LogP contribution in [0.25, 0.3) is 6.08 Å². The van der Waals surface area contributed by atoms with Crippen LogP contribution >= 0.6 is 0 Å². The quantitative estimate of drug-likeness (QED) is 0.556. The molecule has 0 spiro atoms. The highest BCUT2D eigenvalue weighted by Gasteiger charge is 2.24. The van der Waals surface area contributed by atoms with Crippen molar-refractivity contribution in [3.63, 3.8) is 0 Å². The summed E-state index contributed by atoms with van der Waals surface area (Å²) >= 11 is 0. The Morgan fingerprint density at radius 2 is 1.61 bits per heavy atom. The molecule has 1 amide bonds. The van der Waals surface area contributed by atoms with Crippen LogP contribution in [0.5, 0.6) is 17.2 Å². The zero-order chi connectivity index (χ0) is 21.7. The van der Waals surface area contributed by atoms with Crippen molar-refractivity contribution in [2.24, 2.45) is 0 Å². The van der Waals surface area contributed by atoms with Gasteiger partial charge in [-0.25, -0.2) is 0 Å². The molecule has 3 aromatic rings. The normalized spacial score (nSPS) is 13.6. The minimum Gasteiger partial charge on any atom is -0.485 e. The van der Waals surface area contributed by atoms with Gasteiger partial charge in [0.15, 0.2) is 18.1 Å². The number of carbonyl (C=O) groups is 1. The lowest BCUT2D eigenvalue weighted by molar-refractivity contribution is -0.118. The van der Waals surface area contributed by atoms with Gasteiger partial charge in [0.2, 0.25) is 0 Å². The molecule has 0 unspecified atom stereocenters. The molecule has 0 saturated carbocycles. The van der Waals surface area contributed by atoms with Crippen LogP contribution in [0.2, 0.25) is 0 Å². The van der Waals surface area contributed by atoms with E-state index in [2.05, 4.69) is 5.32 Å². The fraction of sp³-hybridized carbons (Fsp3) is 0.192. The Morgan fingerprint density at radius 1 is 0.935 bits per heavy atom. The Balaban J connectivity index is 1.52. The van der Waals surface area contributed by atoms with E-state index in [-0.39, 0.29) is 12.5 Å². The van der Waals surface area contributed by atoms with Crippen molar-refractivity contribution < 1.29 is 19.0 Å². The van der Waals surface area contributed by atoms with Gasteiger partial charge in [0.05, 0.1) is 0 Å². The van der Waals surface area contributed by atoms with E-state index >= 15 is 0 Å². The lowest BCUT2D eigenvalue weighted by Gasteiger charge is -2.28. The third-order valence-electron chi connectivity index (χ3n) is 4.77. The van der Waals surface area contributed by atoms with Crippen LogP contribution in [0.4, 0.5) is 5.69 Å². The first kappa shape index (κ1) is 20.5. The molecular formula is C26H25NO4. The average Bonchev–Trinajstić information content (AvgIpc) is 2.77. The molecule has 3 aromatic carbocycles. The topological polar surface area (TPSA) is 56.8 Å². The van der Waals surface area contributed by atoms with E-state index in [0.717, 1.165) is 22.6 Å². The second-order valence-electron chi connectivity index (χ2n) is 7.85. The standard InChI is InChI=1S/C26H25NO4/c1-26(2)14-13-20-15-23(30-18-25(28)27-21-11-7-4-8-12-21)24(16-22(20)31-26)29-17-19-9-5-3-6-10-19/h3-16H,17-18H2,1-2H3,(H,27,28). The maximum absolute atomic E-state index is 12.3. The van der Waals surface area contributed by atoms with Crippen LogP contribution in [0, 0.1) is 0 Å². The monoisotopic (exact) mass is 415 g/mol. The molecule has 0 radical (unpaired) electrons. The SMILES string of the molecule is CC1(C)C=Cc2cc(OCC(=O)Nc3ccccc3)c(OCc3ccccc3)cc2O1. The third kappa shape index (κ3) is 5.45. The molecule has 31 heavy (non-hydrogen) atoms. The Labute approximate surface area is 182 Å². The Bertz CT molecular complexity index is 1080. The number of benzene rings is 3. The molecule has 0 saturated heterocycles. The number of nitrogens with one attached hydrogen (secondary N) is 1. The molecule has 1 aliphatic heterocycles. The lowest BCUT2D eigenvalue weighted by Crippen LogP contribution is -2.27. The third-order valence-corrected chi connectivity index (χ3v) is 4.77. The van der Waals surface area contributed by atoms with Crippen LogP contribution in [-0.2, 0) is 11.4 Å². The first-order chi connectivity index (χ1) is 15.0. The first-order valence-electron chi connectivity index (χ1n) is 10.2. The minimum absolute atomic E-state index is 0.133. The number of hydrogen-bond donors (Lipinski definition) is 1. The fourth-order valence-corrected chi connectivity index (χ4v) is 3.21. The number of amides is 1. The van der Waals surface area contributed by atoms with Crippen molar-refractivity contribution in [1.82, 2.24) is 0 Å². The minimum atomic E-state index is -0.401. The lowest BCUT2D eigenvalue weighted by atomic mass is 10.0. The van der Waals surface area contributed by atoms with Crippen molar-refractivity contribution in [3.8, 4) is 17.2 Å². The summed E-state index contributed by atoms with van der Waals surface area (Å²) in [6.07, 6.45) is 3.99. The zero-order valence-electron chi connectivity index (χ0n) is 17.6. The number of fused-ring (bicyclic) bond motifs is 1. The number of para-hydroxylation sites is 1. The number of anilines is 1. The molecule has 5 heteroatoms. The van der Waals surface area contributed by atoms with Gasteiger partial charge >= 0.3 is 0 Å². The number of rotatable bonds is 7. The molecule has 0 aromatic heterocycles. The van der Waals surface area contributed by atoms with Crippen LogP contribution in [0.3, 0.4) is 0 Å². The molecule has 158 valence electrons. The van der Waals surface area contributed by atoms with E-state index in [0.29, 0.717) is 18.1 Å². The molecule has 0 bridgehead atoms. The highest BCUT2D eigenvalue weighted by atomic mass is 16.5. The maximum Gasteiger partial charge on any atom is 0.262 e. The summed E-state index contributed by atoms with van der Waals surface area (Å²) in [7, 11) is 0. The molecule has 1 aliphatic rings. The second kappa shape index (κ2) is 8.96. The molecule has 4 rings (SSSR count). The smallest absolute Gasteiger partial charge is 0.262 e. The highest BCUT2D eigenvalue weighted by molar-refractivity contribution is 5.91. The van der Waals surface area contributed by atoms with E-state index in [9.17, 15) is 4.79 Å². The van der Waals surface area contributed by atoms with Crippen LogP contribution < -0.4 is 19.5 Å². The van der Waals surface area contributed by atoms with E-state index < -0.39 is 5.60 Å². The van der Waals surface area contributed by atoms with Crippen LogP contribution in [0.15, 0.2) is 78.9 Å². The molecule has 0 fully saturated rings. The molecular weight excluding hydrogens is 390 g/mol. The summed E-state index contributed by atoms with van der Waals surface area (Å²) in [6, 6.07) is 22.8. The summed E-state index contributed by atoms with van der Waals surface area (Å²) in [4.78, 5) is 12.3. The second-order valence-corrected chi connectivity index (χ2v) is 7.85. The Morgan fingerprint density at radius 3 is 2.35 bits per heavy atom. The zero-order valence-corrected chi connectivity index (χ0v) is 17.6. The van der Waals surface area contributed by atoms with E-state index in [1.54, 1.807) is 0 Å². The molecule has 0 aliphatic carbocycles. The molecule has 1 heterocycles. The highest BCUT2D eigenvalue weighted by Crippen LogP contribution is 2.40. The molecule has 1 N–H and O–H groups in total. The van der Waals surface area contributed by atoms with Gasteiger partial charge in [0.1, 0.15) is 18.0 Å². The van der Waals surface area contributed by atoms with Gasteiger partial charge in [0.25, 0.3) is 5.91 Å². The molecule has 0 atom stereocenters. The van der Waals surface area contributed by atoms with E-state index in [1.165, 1.54) is 0 Å². The van der Waals surface area contributed by atoms with Gasteiger partial charge in [-0.15, -0.1) is 0 Å². The van der Waals surface area contributed by atoms with E-state index in [1.807, 2.05) is 98.8 Å². The number of ether oxygens (including phenoxy) is 3. The fourth-order valence-electron chi connectivity index (χ4n) is 3.21. The first-order valence-corrected chi connectivity index (χ1v) is 10.2. The van der Waals surface area contributed by atoms with Gasteiger partial charge in [0, 0.05) is 17.3 Å². The van der Waals surface area contributed by atoms with Gasteiger partial charge in [-0.2, -0.15) is 0 Å². The van der Waals surface area contributed by atoms with Crippen molar-refractivity contribution >= 4 is 17.7 Å².